The number of halogens is 5. The van der Waals surface area contributed by atoms with Gasteiger partial charge in [0.1, 0.15) is 11.9 Å². The second-order valence-corrected chi connectivity index (χ2v) is 5.20. The smallest absolute Gasteiger partial charge is 0.323 e. The standard InChI is InChI=1S/C13H12BrF4NO/c14-7-12(20)19-10(5-6-11(19)13(16,17)18)8-1-3-9(15)4-2-8/h1-4,10-11H,5-7H2/t10-,11?/m0/s1. The normalized spacial score (nSPS) is 23.1. The molecule has 2 atom stereocenters. The Bertz CT molecular complexity index is 488. The van der Waals surface area contributed by atoms with Crippen molar-refractivity contribution in [3.05, 3.63) is 35.6 Å². The van der Waals surface area contributed by atoms with Crippen LogP contribution in [0, 0.1) is 5.82 Å². The molecule has 1 aromatic carbocycles. The fourth-order valence-electron chi connectivity index (χ4n) is 2.56. The Morgan fingerprint density at radius 3 is 2.35 bits per heavy atom. The van der Waals surface area contributed by atoms with Crippen LogP contribution in [-0.2, 0) is 4.79 Å². The van der Waals surface area contributed by atoms with Crippen molar-refractivity contribution in [2.75, 3.05) is 5.33 Å². The maximum atomic E-state index is 13.0. The van der Waals surface area contributed by atoms with Gasteiger partial charge in [-0.25, -0.2) is 4.39 Å². The molecular weight excluding hydrogens is 342 g/mol. The quantitative estimate of drug-likeness (QED) is 0.584. The number of amides is 1. The summed E-state index contributed by atoms with van der Waals surface area (Å²) in [5.41, 5.74) is 0.521. The largest absolute Gasteiger partial charge is 0.408 e. The van der Waals surface area contributed by atoms with Crippen LogP contribution in [0.2, 0.25) is 0 Å². The van der Waals surface area contributed by atoms with Crippen molar-refractivity contribution in [2.45, 2.75) is 31.1 Å². The molecule has 1 fully saturated rings. The summed E-state index contributed by atoms with van der Waals surface area (Å²) in [6.45, 7) is 0. The van der Waals surface area contributed by atoms with Crippen LogP contribution in [0.1, 0.15) is 24.4 Å². The molecule has 0 spiro atoms. The van der Waals surface area contributed by atoms with E-state index in [2.05, 4.69) is 15.9 Å². The lowest BCUT2D eigenvalue weighted by molar-refractivity contribution is -0.185. The lowest BCUT2D eigenvalue weighted by atomic mass is 10.0. The van der Waals surface area contributed by atoms with E-state index < -0.39 is 30.0 Å². The molecule has 1 amide bonds. The molecule has 0 saturated carbocycles. The Morgan fingerprint density at radius 1 is 1.25 bits per heavy atom. The van der Waals surface area contributed by atoms with Crippen molar-refractivity contribution >= 4 is 21.8 Å². The van der Waals surface area contributed by atoms with Crippen LogP contribution in [-0.4, -0.2) is 28.4 Å². The Morgan fingerprint density at radius 2 is 1.85 bits per heavy atom. The molecule has 2 nitrogen and oxygen atoms in total. The summed E-state index contributed by atoms with van der Waals surface area (Å²) >= 11 is 2.91. The molecule has 1 saturated heterocycles. The van der Waals surface area contributed by atoms with Crippen LogP contribution in [0.5, 0.6) is 0 Å². The highest BCUT2D eigenvalue weighted by molar-refractivity contribution is 9.09. The van der Waals surface area contributed by atoms with Gasteiger partial charge in [-0.05, 0) is 30.5 Å². The molecule has 0 bridgehead atoms. The molecule has 110 valence electrons. The van der Waals surface area contributed by atoms with Crippen LogP contribution < -0.4 is 0 Å². The number of likely N-dealkylation sites (tertiary alicyclic amines) is 1. The highest BCUT2D eigenvalue weighted by Crippen LogP contribution is 2.42. The van der Waals surface area contributed by atoms with Gasteiger partial charge in [-0.3, -0.25) is 4.79 Å². The van der Waals surface area contributed by atoms with Gasteiger partial charge < -0.3 is 4.90 Å². The van der Waals surface area contributed by atoms with Gasteiger partial charge in [-0.1, -0.05) is 28.1 Å². The number of rotatable bonds is 2. The number of hydrogen-bond acceptors (Lipinski definition) is 1. The predicted molar refractivity (Wildman–Crippen MR) is 68.9 cm³/mol. The van der Waals surface area contributed by atoms with Gasteiger partial charge in [-0.2, -0.15) is 13.2 Å². The van der Waals surface area contributed by atoms with Gasteiger partial charge in [0.25, 0.3) is 0 Å². The number of hydrogen-bond donors (Lipinski definition) is 0. The minimum atomic E-state index is -4.45. The molecule has 0 radical (unpaired) electrons. The third-order valence-electron chi connectivity index (χ3n) is 3.42. The first-order valence-electron chi connectivity index (χ1n) is 6.04. The average Bonchev–Trinajstić information content (AvgIpc) is 2.83. The number of carbonyl (C=O) groups is 1. The van der Waals surface area contributed by atoms with Crippen LogP contribution in [0.4, 0.5) is 17.6 Å². The van der Waals surface area contributed by atoms with E-state index in [0.717, 1.165) is 4.90 Å². The summed E-state index contributed by atoms with van der Waals surface area (Å²) in [6, 6.07) is 2.79. The third-order valence-corrected chi connectivity index (χ3v) is 3.90. The minimum Gasteiger partial charge on any atom is -0.323 e. The summed E-state index contributed by atoms with van der Waals surface area (Å²) < 4.78 is 51.9. The molecule has 1 unspecified atom stereocenters. The molecule has 0 N–H and O–H groups in total. The molecule has 1 aromatic rings. The molecule has 0 aliphatic carbocycles. The second kappa shape index (κ2) is 5.71. The Labute approximate surface area is 121 Å². The summed E-state index contributed by atoms with van der Waals surface area (Å²) in [5.74, 6) is -1.07. The van der Waals surface area contributed by atoms with E-state index in [4.69, 9.17) is 0 Å². The van der Waals surface area contributed by atoms with E-state index >= 15 is 0 Å². The van der Waals surface area contributed by atoms with Crippen LogP contribution in [0.15, 0.2) is 24.3 Å². The van der Waals surface area contributed by atoms with E-state index in [1.807, 2.05) is 0 Å². The minimum absolute atomic E-state index is 0.135. The van der Waals surface area contributed by atoms with Gasteiger partial charge in [0.15, 0.2) is 0 Å². The highest BCUT2D eigenvalue weighted by atomic mass is 79.9. The van der Waals surface area contributed by atoms with Crippen molar-refractivity contribution < 1.29 is 22.4 Å². The van der Waals surface area contributed by atoms with Crippen molar-refractivity contribution in [3.8, 4) is 0 Å². The Hall–Kier alpha value is -1.11. The molecule has 0 aromatic heterocycles. The van der Waals surface area contributed by atoms with Gasteiger partial charge in [0, 0.05) is 0 Å². The first-order valence-corrected chi connectivity index (χ1v) is 7.16. The zero-order valence-corrected chi connectivity index (χ0v) is 11.9. The summed E-state index contributed by atoms with van der Waals surface area (Å²) in [4.78, 5) is 12.7. The number of nitrogens with zero attached hydrogens (tertiary/aromatic N) is 1. The monoisotopic (exact) mass is 353 g/mol. The maximum Gasteiger partial charge on any atom is 0.408 e. The predicted octanol–water partition coefficient (Wildman–Crippen LogP) is 3.82. The van der Waals surface area contributed by atoms with E-state index in [0.29, 0.717) is 5.56 Å². The van der Waals surface area contributed by atoms with Crippen molar-refractivity contribution in [3.63, 3.8) is 0 Å². The molecule has 7 heteroatoms. The molecular formula is C13H12BrF4NO. The molecule has 1 aliphatic heterocycles. The average molecular weight is 354 g/mol. The van der Waals surface area contributed by atoms with E-state index in [-0.39, 0.29) is 18.2 Å². The van der Waals surface area contributed by atoms with Gasteiger partial charge >= 0.3 is 6.18 Å². The molecule has 2 rings (SSSR count). The lowest BCUT2D eigenvalue weighted by Crippen LogP contribution is -2.46. The second-order valence-electron chi connectivity index (χ2n) is 4.64. The first-order chi connectivity index (χ1) is 9.34. The van der Waals surface area contributed by atoms with Crippen molar-refractivity contribution in [2.24, 2.45) is 0 Å². The molecule has 1 heterocycles. The van der Waals surface area contributed by atoms with Gasteiger partial charge in [0.05, 0.1) is 11.4 Å². The summed E-state index contributed by atoms with van der Waals surface area (Å²) in [7, 11) is 0. The van der Waals surface area contributed by atoms with E-state index in [1.165, 1.54) is 24.3 Å². The van der Waals surface area contributed by atoms with Gasteiger partial charge in [0.2, 0.25) is 5.91 Å². The van der Waals surface area contributed by atoms with E-state index in [9.17, 15) is 22.4 Å². The SMILES string of the molecule is O=C(CBr)N1C(C(F)(F)F)CC[C@H]1c1ccc(F)cc1. The van der Waals surface area contributed by atoms with Crippen molar-refractivity contribution in [1.29, 1.82) is 0 Å². The Balaban J connectivity index is 2.33. The fraction of sp³-hybridized carbons (Fsp3) is 0.462. The van der Waals surface area contributed by atoms with Crippen LogP contribution >= 0.6 is 15.9 Å². The van der Waals surface area contributed by atoms with Crippen LogP contribution in [0.3, 0.4) is 0 Å². The lowest BCUT2D eigenvalue weighted by Gasteiger charge is -2.31. The first kappa shape index (κ1) is 15.3. The summed E-state index contributed by atoms with van der Waals surface area (Å²) in [5, 5.41) is -0.169. The number of alkyl halides is 4. The zero-order chi connectivity index (χ0) is 14.9. The molecule has 20 heavy (non-hydrogen) atoms. The summed E-state index contributed by atoms with van der Waals surface area (Å²) in [6.07, 6.45) is -4.37. The van der Waals surface area contributed by atoms with Gasteiger partial charge in [-0.15, -0.1) is 0 Å². The number of carbonyl (C=O) groups excluding carboxylic acids is 1. The van der Waals surface area contributed by atoms with E-state index in [1.54, 1.807) is 0 Å². The topological polar surface area (TPSA) is 20.3 Å². The van der Waals surface area contributed by atoms with Crippen molar-refractivity contribution in [1.82, 2.24) is 4.90 Å². The van der Waals surface area contributed by atoms with Crippen LogP contribution in [0.25, 0.3) is 0 Å². The number of benzene rings is 1. The third kappa shape index (κ3) is 2.97. The zero-order valence-electron chi connectivity index (χ0n) is 10.3. The fourth-order valence-corrected chi connectivity index (χ4v) is 2.85. The molecule has 1 aliphatic rings. The Kier molecular flexibility index (Phi) is 4.36. The maximum absolute atomic E-state index is 13.0. The highest BCUT2D eigenvalue weighted by Gasteiger charge is 2.51.